The molecule has 0 spiro atoms. The highest BCUT2D eigenvalue weighted by Crippen LogP contribution is 2.23. The number of anilines is 1. The average molecular weight is 268 g/mol. The normalized spacial score (nSPS) is 25.4. The third kappa shape index (κ3) is 2.35. The number of carbonyl (C=O) groups is 1. The van der Waals surface area contributed by atoms with Crippen molar-refractivity contribution in [1.29, 1.82) is 0 Å². The van der Waals surface area contributed by atoms with E-state index in [0.717, 1.165) is 18.8 Å². The Labute approximate surface area is 112 Å². The maximum Gasteiger partial charge on any atom is 0.266 e. The van der Waals surface area contributed by atoms with Gasteiger partial charge in [-0.1, -0.05) is 11.3 Å². The molecule has 6 heteroatoms. The molecule has 1 aliphatic rings. The van der Waals surface area contributed by atoms with Gasteiger partial charge in [0.15, 0.2) is 5.13 Å². The van der Waals surface area contributed by atoms with Gasteiger partial charge in [0, 0.05) is 25.2 Å². The number of thiazole rings is 1. The van der Waals surface area contributed by atoms with Crippen LogP contribution in [0.25, 0.3) is 0 Å². The van der Waals surface area contributed by atoms with E-state index < -0.39 is 0 Å². The third-order valence-corrected chi connectivity index (χ3v) is 4.63. The second kappa shape index (κ2) is 4.85. The fourth-order valence-corrected chi connectivity index (χ4v) is 3.13. The first-order valence-electron chi connectivity index (χ1n) is 6.14. The molecule has 1 aromatic heterocycles. The predicted octanol–water partition coefficient (Wildman–Crippen LogP) is 1.20. The smallest absolute Gasteiger partial charge is 0.266 e. The molecular formula is C12H20N4OS. The zero-order chi connectivity index (χ0) is 13.4. The minimum atomic E-state index is 0.0634. The molecule has 0 aromatic carbocycles. The maximum atomic E-state index is 12.5. The van der Waals surface area contributed by atoms with Crippen LogP contribution in [0.5, 0.6) is 0 Å². The number of aryl methyl sites for hydroxylation is 1. The number of aromatic nitrogens is 1. The molecule has 0 saturated carbocycles. The van der Waals surface area contributed by atoms with Gasteiger partial charge in [-0.3, -0.25) is 9.69 Å². The first-order valence-corrected chi connectivity index (χ1v) is 6.96. The fourth-order valence-electron chi connectivity index (χ4n) is 2.33. The Morgan fingerprint density at radius 3 is 2.39 bits per heavy atom. The molecule has 1 amide bonds. The third-order valence-electron chi connectivity index (χ3n) is 3.65. The molecule has 2 atom stereocenters. The second-order valence-electron chi connectivity index (χ2n) is 5.04. The lowest BCUT2D eigenvalue weighted by molar-refractivity contribution is 0.0417. The van der Waals surface area contributed by atoms with Crippen molar-refractivity contribution < 1.29 is 4.79 Å². The van der Waals surface area contributed by atoms with Crippen molar-refractivity contribution in [1.82, 2.24) is 14.8 Å². The maximum absolute atomic E-state index is 12.5. The summed E-state index contributed by atoms with van der Waals surface area (Å²) in [5.41, 5.74) is 6.39. The van der Waals surface area contributed by atoms with Crippen molar-refractivity contribution in [3.8, 4) is 0 Å². The zero-order valence-corrected chi connectivity index (χ0v) is 12.1. The summed E-state index contributed by atoms with van der Waals surface area (Å²) < 4.78 is 0. The highest BCUT2D eigenvalue weighted by Gasteiger charge is 2.31. The lowest BCUT2D eigenvalue weighted by Gasteiger charge is -2.42. The molecular weight excluding hydrogens is 248 g/mol. The van der Waals surface area contributed by atoms with Crippen molar-refractivity contribution in [3.05, 3.63) is 10.6 Å². The Balaban J connectivity index is 2.17. The van der Waals surface area contributed by atoms with E-state index in [9.17, 15) is 4.79 Å². The molecule has 5 nitrogen and oxygen atoms in total. The Hall–Kier alpha value is -1.14. The van der Waals surface area contributed by atoms with E-state index in [4.69, 9.17) is 5.73 Å². The zero-order valence-electron chi connectivity index (χ0n) is 11.3. The number of hydrogen-bond acceptors (Lipinski definition) is 5. The Morgan fingerprint density at radius 2 is 1.94 bits per heavy atom. The highest BCUT2D eigenvalue weighted by molar-refractivity contribution is 7.17. The van der Waals surface area contributed by atoms with E-state index >= 15 is 0 Å². The first kappa shape index (κ1) is 13.3. The van der Waals surface area contributed by atoms with Crippen LogP contribution in [0.1, 0.15) is 29.2 Å². The van der Waals surface area contributed by atoms with Gasteiger partial charge in [0.2, 0.25) is 0 Å². The van der Waals surface area contributed by atoms with Gasteiger partial charge in [-0.25, -0.2) is 4.98 Å². The van der Waals surface area contributed by atoms with Gasteiger partial charge in [-0.2, -0.15) is 0 Å². The summed E-state index contributed by atoms with van der Waals surface area (Å²) in [6.07, 6.45) is 0. The number of rotatable bonds is 1. The number of hydrogen-bond donors (Lipinski definition) is 1. The Bertz CT molecular complexity index is 447. The minimum Gasteiger partial charge on any atom is -0.375 e. The van der Waals surface area contributed by atoms with Gasteiger partial charge in [-0.05, 0) is 27.8 Å². The summed E-state index contributed by atoms with van der Waals surface area (Å²) >= 11 is 1.28. The minimum absolute atomic E-state index is 0.0634. The summed E-state index contributed by atoms with van der Waals surface area (Å²) in [4.78, 5) is 21.5. The summed E-state index contributed by atoms with van der Waals surface area (Å²) in [6, 6.07) is 0.756. The number of amides is 1. The lowest BCUT2D eigenvalue weighted by atomic mass is 10.1. The van der Waals surface area contributed by atoms with Crippen LogP contribution in [0.2, 0.25) is 0 Å². The molecule has 2 heterocycles. The van der Waals surface area contributed by atoms with E-state index in [1.165, 1.54) is 11.3 Å². The fraction of sp³-hybridized carbons (Fsp3) is 0.667. The molecule has 2 rings (SSSR count). The molecule has 1 aromatic rings. The van der Waals surface area contributed by atoms with Crippen LogP contribution in [0.15, 0.2) is 0 Å². The molecule has 0 radical (unpaired) electrons. The van der Waals surface area contributed by atoms with Crippen molar-refractivity contribution >= 4 is 22.4 Å². The van der Waals surface area contributed by atoms with Gasteiger partial charge < -0.3 is 10.6 Å². The summed E-state index contributed by atoms with van der Waals surface area (Å²) in [7, 11) is 2.10. The van der Waals surface area contributed by atoms with Crippen LogP contribution in [0.4, 0.5) is 5.13 Å². The van der Waals surface area contributed by atoms with Crippen molar-refractivity contribution in [2.45, 2.75) is 32.9 Å². The number of nitrogen functional groups attached to an aromatic ring is 1. The van der Waals surface area contributed by atoms with Crippen LogP contribution in [0, 0.1) is 6.92 Å². The average Bonchev–Trinajstić information content (AvgIpc) is 2.63. The number of piperazine rings is 1. The summed E-state index contributed by atoms with van der Waals surface area (Å²) in [6.45, 7) is 7.64. The molecule has 18 heavy (non-hydrogen) atoms. The number of nitrogens with zero attached hydrogens (tertiary/aromatic N) is 3. The van der Waals surface area contributed by atoms with Gasteiger partial charge in [0.25, 0.3) is 5.91 Å². The van der Waals surface area contributed by atoms with Crippen molar-refractivity contribution in [2.24, 2.45) is 0 Å². The molecule has 1 fully saturated rings. The standard InChI is InChI=1S/C12H20N4OS/c1-7-5-16(6-8(2)15(7)4)11(17)10-9(3)14-12(13)18-10/h7-8H,5-6H2,1-4H3,(H2,13,14). The van der Waals surface area contributed by atoms with Gasteiger partial charge in [-0.15, -0.1) is 0 Å². The Morgan fingerprint density at radius 1 is 1.39 bits per heavy atom. The SMILES string of the molecule is Cc1nc(N)sc1C(=O)N1CC(C)N(C)C(C)C1. The number of carbonyl (C=O) groups excluding carboxylic acids is 1. The van der Waals surface area contributed by atoms with Crippen molar-refractivity contribution in [2.75, 3.05) is 25.9 Å². The van der Waals surface area contributed by atoms with Crippen LogP contribution in [-0.2, 0) is 0 Å². The van der Waals surface area contributed by atoms with E-state index in [1.807, 2.05) is 11.8 Å². The van der Waals surface area contributed by atoms with Gasteiger partial charge >= 0.3 is 0 Å². The quantitative estimate of drug-likeness (QED) is 0.831. The van der Waals surface area contributed by atoms with Crippen LogP contribution in [0.3, 0.4) is 0 Å². The highest BCUT2D eigenvalue weighted by atomic mass is 32.1. The molecule has 2 N–H and O–H groups in total. The molecule has 1 saturated heterocycles. The Kier molecular flexibility index (Phi) is 3.59. The number of nitrogens with two attached hydrogens (primary N) is 1. The molecule has 1 aliphatic heterocycles. The van der Waals surface area contributed by atoms with Crippen LogP contribution >= 0.6 is 11.3 Å². The molecule has 2 unspecified atom stereocenters. The van der Waals surface area contributed by atoms with E-state index in [-0.39, 0.29) is 5.91 Å². The monoisotopic (exact) mass is 268 g/mol. The van der Waals surface area contributed by atoms with E-state index in [0.29, 0.717) is 22.1 Å². The van der Waals surface area contributed by atoms with Crippen LogP contribution in [-0.4, -0.2) is 52.9 Å². The summed E-state index contributed by atoms with van der Waals surface area (Å²) in [5.74, 6) is 0.0634. The predicted molar refractivity (Wildman–Crippen MR) is 73.9 cm³/mol. The van der Waals surface area contributed by atoms with Gasteiger partial charge in [0.05, 0.1) is 5.69 Å². The van der Waals surface area contributed by atoms with Crippen molar-refractivity contribution in [3.63, 3.8) is 0 Å². The van der Waals surface area contributed by atoms with Crippen LogP contribution < -0.4 is 5.73 Å². The molecule has 0 aliphatic carbocycles. The number of likely N-dealkylation sites (N-methyl/N-ethyl adjacent to an activating group) is 1. The second-order valence-corrected chi connectivity index (χ2v) is 6.07. The largest absolute Gasteiger partial charge is 0.375 e. The first-order chi connectivity index (χ1) is 8.40. The molecule has 100 valence electrons. The van der Waals surface area contributed by atoms with Gasteiger partial charge in [0.1, 0.15) is 4.88 Å². The van der Waals surface area contributed by atoms with E-state index in [1.54, 1.807) is 0 Å². The van der Waals surface area contributed by atoms with E-state index in [2.05, 4.69) is 30.8 Å². The molecule has 0 bridgehead atoms. The summed E-state index contributed by atoms with van der Waals surface area (Å²) in [5, 5.41) is 0.464. The topological polar surface area (TPSA) is 62.5 Å². The lowest BCUT2D eigenvalue weighted by Crippen LogP contribution is -2.56.